The molecule has 0 saturated carbocycles. The van der Waals surface area contributed by atoms with Crippen LogP contribution in [-0.4, -0.2) is 25.5 Å². The first-order valence-corrected chi connectivity index (χ1v) is 10.5. The van der Waals surface area contributed by atoms with E-state index in [1.54, 1.807) is 18.2 Å². The van der Waals surface area contributed by atoms with Gasteiger partial charge in [0.15, 0.2) is 0 Å². The third kappa shape index (κ3) is 3.93. The maximum Gasteiger partial charge on any atom is 0.264 e. The Bertz CT molecular complexity index is 1560. The Labute approximate surface area is 183 Å². The van der Waals surface area contributed by atoms with E-state index in [0.717, 1.165) is 12.1 Å². The summed E-state index contributed by atoms with van der Waals surface area (Å²) in [5.41, 5.74) is 1.26. The molecule has 2 aromatic heterocycles. The fourth-order valence-electron chi connectivity index (χ4n) is 3.11. The maximum absolute atomic E-state index is 14.1. The van der Waals surface area contributed by atoms with Gasteiger partial charge in [-0.2, -0.15) is 5.26 Å². The molecular formula is C22H14F2N4O3S. The van der Waals surface area contributed by atoms with Crippen molar-refractivity contribution < 1.29 is 23.3 Å². The zero-order chi connectivity index (χ0) is 23.8. The number of rotatable bonds is 5. The van der Waals surface area contributed by atoms with Crippen LogP contribution in [0.1, 0.15) is 6.93 Å². The number of nitrogens with zero attached hydrogens (tertiary/aromatic N) is 3. The minimum atomic E-state index is -4.43. The largest absolute Gasteiger partial charge is 0.480 e. The van der Waals surface area contributed by atoms with Crippen molar-refractivity contribution in [1.29, 1.82) is 5.26 Å². The molecule has 1 N–H and O–H groups in total. The number of methoxy groups -OCH3 is 1. The van der Waals surface area contributed by atoms with Crippen LogP contribution in [0.15, 0.2) is 65.9 Å². The van der Waals surface area contributed by atoms with E-state index in [2.05, 4.69) is 14.7 Å². The van der Waals surface area contributed by atoms with Crippen LogP contribution < -0.4 is 9.46 Å². The van der Waals surface area contributed by atoms with Gasteiger partial charge in [-0.05, 0) is 29.8 Å². The Kier molecular flexibility index (Phi) is 5.09. The molecule has 0 radical (unpaired) electrons. The number of pyridine rings is 2. The van der Waals surface area contributed by atoms with Crippen molar-refractivity contribution in [1.82, 2.24) is 9.97 Å². The summed E-state index contributed by atoms with van der Waals surface area (Å²) >= 11 is 0. The van der Waals surface area contributed by atoms with E-state index in [9.17, 15) is 22.5 Å². The molecule has 2 aromatic carbocycles. The third-order valence-corrected chi connectivity index (χ3v) is 6.01. The topological polar surface area (TPSA) is 105 Å². The second-order valence-corrected chi connectivity index (χ2v) is 8.27. The Morgan fingerprint density at radius 3 is 2.66 bits per heavy atom. The van der Waals surface area contributed by atoms with E-state index >= 15 is 0 Å². The van der Waals surface area contributed by atoms with Crippen molar-refractivity contribution in [2.75, 3.05) is 11.8 Å². The molecule has 32 heavy (non-hydrogen) atoms. The summed E-state index contributed by atoms with van der Waals surface area (Å²) in [7, 11) is -3.14. The fraction of sp³-hybridized carbons (Fsp3) is 0.0455. The monoisotopic (exact) mass is 453 g/mol. The number of halogens is 2. The predicted molar refractivity (Wildman–Crippen MR) is 113 cm³/mol. The smallest absolute Gasteiger partial charge is 0.264 e. The molecule has 0 atom stereocenters. The lowest BCUT2D eigenvalue weighted by molar-refractivity contribution is 0.400. The van der Waals surface area contributed by atoms with Crippen LogP contribution in [0.2, 0.25) is 0 Å². The summed E-state index contributed by atoms with van der Waals surface area (Å²) in [4.78, 5) is 7.28. The van der Waals surface area contributed by atoms with Gasteiger partial charge in [-0.15, -0.1) is 0 Å². The van der Waals surface area contributed by atoms with Gasteiger partial charge in [-0.25, -0.2) is 22.2 Å². The molecule has 0 spiro atoms. The molecular weight excluding hydrogens is 438 g/mol. The number of hydrogen-bond acceptors (Lipinski definition) is 6. The van der Waals surface area contributed by atoms with E-state index in [0.29, 0.717) is 33.5 Å². The van der Waals surface area contributed by atoms with Crippen molar-refractivity contribution in [2.24, 2.45) is 0 Å². The summed E-state index contributed by atoms with van der Waals surface area (Å²) in [5, 5.41) is 10.2. The molecule has 0 aliphatic rings. The third-order valence-electron chi connectivity index (χ3n) is 4.61. The van der Waals surface area contributed by atoms with Gasteiger partial charge in [-0.1, -0.05) is 12.1 Å². The van der Waals surface area contributed by atoms with Gasteiger partial charge in [-0.3, -0.25) is 9.71 Å². The van der Waals surface area contributed by atoms with Gasteiger partial charge in [0, 0.05) is 41.0 Å². The summed E-state index contributed by atoms with van der Waals surface area (Å²) in [6.45, 7) is 0. The first kappa shape index (κ1) is 19.8. The molecule has 0 saturated heterocycles. The molecule has 4 rings (SSSR count). The van der Waals surface area contributed by atoms with Crippen molar-refractivity contribution in [2.45, 2.75) is 4.90 Å². The van der Waals surface area contributed by atoms with Gasteiger partial charge >= 0.3 is 0 Å². The van der Waals surface area contributed by atoms with E-state index in [1.807, 2.05) is 6.07 Å². The van der Waals surface area contributed by atoms with Crippen LogP contribution in [0.4, 0.5) is 14.5 Å². The Balaban J connectivity index is 1.79. The van der Waals surface area contributed by atoms with Crippen LogP contribution in [0.3, 0.4) is 0 Å². The number of sulfonamides is 1. The lowest BCUT2D eigenvalue weighted by atomic mass is 10.0. The molecule has 0 aliphatic heterocycles. The number of ether oxygens (including phenoxy) is 1. The first-order chi connectivity index (χ1) is 15.7. The summed E-state index contributed by atoms with van der Waals surface area (Å²) < 4.78 is 68.1. The lowest BCUT2D eigenvalue weighted by Gasteiger charge is -2.13. The fourth-order valence-corrected chi connectivity index (χ4v) is 4.22. The number of hydrogen-bond donors (Lipinski definition) is 1. The minimum Gasteiger partial charge on any atom is -0.480 e. The van der Waals surface area contributed by atoms with E-state index in [1.165, 1.54) is 25.6 Å². The standard InChI is InChI=1S/C22H14F2N4O3S/c1-31-22-20(28-32(29,30)21-5-3-17(23)8-19(21)24)7-14(12-27-22)13-2-4-18-15(6-13)10-26-11-16(18)9-25/h2-8,10-12,28H,1H3/i10D. The average molecular weight is 453 g/mol. The lowest BCUT2D eigenvalue weighted by Crippen LogP contribution is -2.15. The summed E-state index contributed by atoms with van der Waals surface area (Å²) in [6, 6.07) is 10.5. The first-order valence-electron chi connectivity index (χ1n) is 9.55. The van der Waals surface area contributed by atoms with Crippen molar-refractivity contribution >= 4 is 26.5 Å². The molecule has 0 fully saturated rings. The number of nitriles is 1. The van der Waals surface area contributed by atoms with Gasteiger partial charge in [0.25, 0.3) is 10.0 Å². The van der Waals surface area contributed by atoms with Crippen molar-refractivity contribution in [3.63, 3.8) is 0 Å². The zero-order valence-electron chi connectivity index (χ0n) is 17.4. The number of aromatic nitrogens is 2. The number of anilines is 1. The SMILES string of the molecule is [2H]c1ncc(C#N)c2ccc(-c3cnc(OC)c(NS(=O)(=O)c4ccc(F)cc4F)c3)cc12. The Morgan fingerprint density at radius 2 is 1.94 bits per heavy atom. The quantitative estimate of drug-likeness (QED) is 0.484. The highest BCUT2D eigenvalue weighted by Crippen LogP contribution is 2.32. The van der Waals surface area contributed by atoms with E-state index in [4.69, 9.17) is 6.11 Å². The Hall–Kier alpha value is -4.10. The molecule has 0 unspecified atom stereocenters. The molecule has 4 aromatic rings. The van der Waals surface area contributed by atoms with Crippen LogP contribution >= 0.6 is 0 Å². The molecule has 2 heterocycles. The van der Waals surface area contributed by atoms with Gasteiger partial charge in [0.05, 0.1) is 14.0 Å². The number of benzene rings is 2. The molecule has 10 heteroatoms. The predicted octanol–water partition coefficient (Wildman–Crippen LogP) is 4.26. The molecule has 0 aliphatic carbocycles. The molecule has 0 bridgehead atoms. The van der Waals surface area contributed by atoms with Crippen molar-refractivity contribution in [3.05, 3.63) is 78.2 Å². The number of fused-ring (bicyclic) bond motifs is 1. The van der Waals surface area contributed by atoms with E-state index < -0.39 is 26.6 Å². The summed E-state index contributed by atoms with van der Waals surface area (Å²) in [5.74, 6) is -2.23. The highest BCUT2D eigenvalue weighted by molar-refractivity contribution is 7.92. The highest BCUT2D eigenvalue weighted by atomic mass is 32.2. The minimum absolute atomic E-state index is 0.0277. The second-order valence-electron chi connectivity index (χ2n) is 6.62. The second kappa shape index (κ2) is 8.20. The van der Waals surface area contributed by atoms with Gasteiger partial charge in [0.2, 0.25) is 5.88 Å². The van der Waals surface area contributed by atoms with Crippen LogP contribution in [0, 0.1) is 23.0 Å². The van der Waals surface area contributed by atoms with Gasteiger partial charge in [0.1, 0.15) is 28.3 Å². The maximum atomic E-state index is 14.1. The average Bonchev–Trinajstić information content (AvgIpc) is 2.78. The highest BCUT2D eigenvalue weighted by Gasteiger charge is 2.22. The zero-order valence-corrected chi connectivity index (χ0v) is 17.2. The Morgan fingerprint density at radius 1 is 1.12 bits per heavy atom. The van der Waals surface area contributed by atoms with Gasteiger partial charge < -0.3 is 4.74 Å². The normalized spacial score (nSPS) is 11.6. The molecule has 160 valence electrons. The summed E-state index contributed by atoms with van der Waals surface area (Å²) in [6.07, 6.45) is 2.72. The van der Waals surface area contributed by atoms with Crippen LogP contribution in [-0.2, 0) is 10.0 Å². The molecule has 0 amide bonds. The van der Waals surface area contributed by atoms with Crippen LogP contribution in [0.5, 0.6) is 5.88 Å². The van der Waals surface area contributed by atoms with E-state index in [-0.39, 0.29) is 17.7 Å². The van der Waals surface area contributed by atoms with Crippen molar-refractivity contribution in [3.8, 4) is 23.1 Å². The molecule has 7 nitrogen and oxygen atoms in total. The van der Waals surface area contributed by atoms with Crippen LogP contribution in [0.25, 0.3) is 21.9 Å². The number of nitrogens with one attached hydrogen (secondary N) is 1.